The first kappa shape index (κ1) is 20.3. The van der Waals surface area contributed by atoms with Crippen molar-refractivity contribution in [2.24, 2.45) is 0 Å². The Hall–Kier alpha value is -1.71. The number of rotatable bonds is 6. The Kier molecular flexibility index (Phi) is 7.59. The molecule has 0 amide bonds. The number of hydrogen-bond donors (Lipinski definition) is 1. The molecule has 0 fully saturated rings. The molecule has 0 atom stereocenters. The number of ether oxygens (including phenoxy) is 2. The number of nitrogens with one attached hydrogen (secondary N) is 1. The van der Waals surface area contributed by atoms with Crippen LogP contribution in [0, 0.1) is 6.92 Å². The van der Waals surface area contributed by atoms with Crippen LogP contribution < -0.4 is 14.8 Å². The van der Waals surface area contributed by atoms with Gasteiger partial charge in [0.05, 0.1) is 7.11 Å². The van der Waals surface area contributed by atoms with Crippen molar-refractivity contribution in [3.8, 4) is 11.5 Å². The van der Waals surface area contributed by atoms with Gasteiger partial charge >= 0.3 is 0 Å². The summed E-state index contributed by atoms with van der Waals surface area (Å²) in [5, 5.41) is 3.50. The highest BCUT2D eigenvalue weighted by Crippen LogP contribution is 2.32. The first-order valence-electron chi connectivity index (χ1n) is 7.98. The Balaban J connectivity index is 0.00000288. The summed E-state index contributed by atoms with van der Waals surface area (Å²) in [6, 6.07) is 14.4. The van der Waals surface area contributed by atoms with Crippen molar-refractivity contribution in [1.82, 2.24) is 5.32 Å². The first-order valence-corrected chi connectivity index (χ1v) is 7.98. The maximum atomic E-state index is 6.09. The Morgan fingerprint density at radius 2 is 1.67 bits per heavy atom. The molecule has 0 heterocycles. The Morgan fingerprint density at radius 1 is 1.00 bits per heavy atom. The summed E-state index contributed by atoms with van der Waals surface area (Å²) in [4.78, 5) is 0. The summed E-state index contributed by atoms with van der Waals surface area (Å²) < 4.78 is 11.6. The fourth-order valence-corrected chi connectivity index (χ4v) is 2.23. The zero-order valence-electron chi connectivity index (χ0n) is 15.2. The number of hydrogen-bond acceptors (Lipinski definition) is 3. The molecule has 0 radical (unpaired) electrons. The van der Waals surface area contributed by atoms with Crippen LogP contribution in [0.5, 0.6) is 11.5 Å². The van der Waals surface area contributed by atoms with E-state index in [4.69, 9.17) is 9.47 Å². The minimum Gasteiger partial charge on any atom is -0.493 e. The van der Waals surface area contributed by atoms with Crippen molar-refractivity contribution < 1.29 is 9.47 Å². The smallest absolute Gasteiger partial charge is 0.166 e. The summed E-state index contributed by atoms with van der Waals surface area (Å²) in [5.41, 5.74) is 3.56. The van der Waals surface area contributed by atoms with Gasteiger partial charge in [-0.3, -0.25) is 0 Å². The van der Waals surface area contributed by atoms with E-state index in [1.807, 2.05) is 12.1 Å². The van der Waals surface area contributed by atoms with Gasteiger partial charge in [0.1, 0.15) is 6.61 Å². The zero-order chi connectivity index (χ0) is 16.9. The fraction of sp³-hybridized carbons (Fsp3) is 0.400. The zero-order valence-corrected chi connectivity index (χ0v) is 16.0. The number of benzene rings is 2. The van der Waals surface area contributed by atoms with Crippen LogP contribution in [0.25, 0.3) is 0 Å². The highest BCUT2D eigenvalue weighted by Gasteiger charge is 2.14. The lowest BCUT2D eigenvalue weighted by Crippen LogP contribution is -2.35. The lowest BCUT2D eigenvalue weighted by molar-refractivity contribution is 0.279. The van der Waals surface area contributed by atoms with Crippen molar-refractivity contribution in [3.63, 3.8) is 0 Å². The van der Waals surface area contributed by atoms with Crippen molar-refractivity contribution in [2.45, 2.75) is 46.4 Å². The Morgan fingerprint density at radius 3 is 2.25 bits per heavy atom. The average Bonchev–Trinajstić information content (AvgIpc) is 2.51. The quantitative estimate of drug-likeness (QED) is 0.805. The van der Waals surface area contributed by atoms with Gasteiger partial charge in [-0.05, 0) is 39.3 Å². The molecule has 0 saturated carbocycles. The molecule has 2 rings (SSSR count). The van der Waals surface area contributed by atoms with Gasteiger partial charge in [0.2, 0.25) is 0 Å². The van der Waals surface area contributed by atoms with Crippen molar-refractivity contribution in [3.05, 3.63) is 59.2 Å². The molecule has 3 nitrogen and oxygen atoms in total. The van der Waals surface area contributed by atoms with Gasteiger partial charge in [0.15, 0.2) is 11.5 Å². The summed E-state index contributed by atoms with van der Waals surface area (Å²) in [7, 11) is 1.68. The van der Waals surface area contributed by atoms with Crippen molar-refractivity contribution in [1.29, 1.82) is 0 Å². The molecule has 0 aliphatic heterocycles. The molecule has 1 N–H and O–H groups in total. The van der Waals surface area contributed by atoms with Crippen LogP contribution in [0.15, 0.2) is 42.5 Å². The third kappa shape index (κ3) is 6.06. The summed E-state index contributed by atoms with van der Waals surface area (Å²) in [6.45, 7) is 9.81. The van der Waals surface area contributed by atoms with Crippen LogP contribution in [-0.2, 0) is 13.2 Å². The van der Waals surface area contributed by atoms with E-state index in [0.717, 1.165) is 29.2 Å². The molecule has 24 heavy (non-hydrogen) atoms. The molecule has 0 aliphatic rings. The summed E-state index contributed by atoms with van der Waals surface area (Å²) in [5.74, 6) is 1.58. The van der Waals surface area contributed by atoms with Gasteiger partial charge in [0, 0.05) is 17.6 Å². The molecule has 0 bridgehead atoms. The minimum absolute atomic E-state index is 0. The molecular formula is C20H28ClNO2. The van der Waals surface area contributed by atoms with Crippen LogP contribution in [0.3, 0.4) is 0 Å². The average molecular weight is 350 g/mol. The predicted molar refractivity (Wildman–Crippen MR) is 102 cm³/mol. The topological polar surface area (TPSA) is 30.5 Å². The van der Waals surface area contributed by atoms with Gasteiger partial charge in [-0.15, -0.1) is 12.4 Å². The predicted octanol–water partition coefficient (Wildman–Crippen LogP) is 4.89. The molecule has 0 spiro atoms. The number of aryl methyl sites for hydroxylation is 1. The van der Waals surface area contributed by atoms with E-state index in [1.54, 1.807) is 7.11 Å². The van der Waals surface area contributed by atoms with E-state index < -0.39 is 0 Å². The van der Waals surface area contributed by atoms with Gasteiger partial charge in [0.25, 0.3) is 0 Å². The molecule has 2 aromatic carbocycles. The second-order valence-corrected chi connectivity index (χ2v) is 6.83. The fourth-order valence-electron chi connectivity index (χ4n) is 2.23. The second kappa shape index (κ2) is 8.95. The molecule has 0 unspecified atom stereocenters. The maximum absolute atomic E-state index is 6.09. The summed E-state index contributed by atoms with van der Waals surface area (Å²) in [6.07, 6.45) is 0. The Bertz CT molecular complexity index is 633. The molecule has 0 aromatic heterocycles. The number of methoxy groups -OCH3 is 1. The highest BCUT2D eigenvalue weighted by molar-refractivity contribution is 5.85. The van der Waals surface area contributed by atoms with Gasteiger partial charge in [-0.25, -0.2) is 0 Å². The van der Waals surface area contributed by atoms with Gasteiger partial charge < -0.3 is 14.8 Å². The third-order valence-electron chi connectivity index (χ3n) is 3.59. The highest BCUT2D eigenvalue weighted by atomic mass is 35.5. The van der Waals surface area contributed by atoms with E-state index in [1.165, 1.54) is 5.56 Å². The standard InChI is InChI=1S/C20H27NO2.ClH/c1-15-9-11-16(12-10-15)14-23-19-17(13-21-20(2,3)4)7-6-8-18(19)22-5;/h6-12,21H,13-14H2,1-5H3;1H. The number of halogens is 1. The SMILES string of the molecule is COc1cccc(CNC(C)(C)C)c1OCc1ccc(C)cc1.Cl. The lowest BCUT2D eigenvalue weighted by atomic mass is 10.1. The van der Waals surface area contributed by atoms with Crippen LogP contribution in [0.4, 0.5) is 0 Å². The second-order valence-electron chi connectivity index (χ2n) is 6.83. The Labute approximate surface area is 151 Å². The summed E-state index contributed by atoms with van der Waals surface area (Å²) >= 11 is 0. The van der Waals surface area contributed by atoms with Crippen molar-refractivity contribution in [2.75, 3.05) is 7.11 Å². The van der Waals surface area contributed by atoms with Gasteiger partial charge in [-0.1, -0.05) is 42.0 Å². The molecule has 2 aromatic rings. The molecule has 0 saturated heterocycles. The molecule has 0 aliphatic carbocycles. The van der Waals surface area contributed by atoms with Crippen LogP contribution in [0.2, 0.25) is 0 Å². The largest absolute Gasteiger partial charge is 0.493 e. The number of para-hydroxylation sites is 1. The van der Waals surface area contributed by atoms with E-state index in [0.29, 0.717) is 6.61 Å². The van der Waals surface area contributed by atoms with Gasteiger partial charge in [-0.2, -0.15) is 0 Å². The van der Waals surface area contributed by atoms with E-state index >= 15 is 0 Å². The lowest BCUT2D eigenvalue weighted by Gasteiger charge is -2.22. The first-order chi connectivity index (χ1) is 10.9. The molecule has 4 heteroatoms. The van der Waals surface area contributed by atoms with Crippen LogP contribution >= 0.6 is 12.4 Å². The maximum Gasteiger partial charge on any atom is 0.166 e. The monoisotopic (exact) mass is 349 g/mol. The van der Waals surface area contributed by atoms with E-state index in [9.17, 15) is 0 Å². The van der Waals surface area contributed by atoms with Crippen LogP contribution in [-0.4, -0.2) is 12.6 Å². The van der Waals surface area contributed by atoms with E-state index in [-0.39, 0.29) is 17.9 Å². The third-order valence-corrected chi connectivity index (χ3v) is 3.59. The molecule has 132 valence electrons. The minimum atomic E-state index is 0. The van der Waals surface area contributed by atoms with E-state index in [2.05, 4.69) is 63.3 Å². The van der Waals surface area contributed by atoms with Crippen LogP contribution in [0.1, 0.15) is 37.5 Å². The normalized spacial score (nSPS) is 10.9. The van der Waals surface area contributed by atoms with Crippen molar-refractivity contribution >= 4 is 12.4 Å². The molecular weight excluding hydrogens is 322 g/mol.